The van der Waals surface area contributed by atoms with Crippen LogP contribution in [0.2, 0.25) is 0 Å². The molecular weight excluding hydrogens is 222 g/mol. The minimum absolute atomic E-state index is 0.236. The van der Waals surface area contributed by atoms with Gasteiger partial charge in [-0.25, -0.2) is 4.98 Å². The van der Waals surface area contributed by atoms with Gasteiger partial charge in [-0.1, -0.05) is 20.8 Å². The van der Waals surface area contributed by atoms with Gasteiger partial charge in [-0.05, 0) is 37.5 Å². The van der Waals surface area contributed by atoms with Gasteiger partial charge in [0.05, 0.1) is 11.0 Å². The van der Waals surface area contributed by atoms with Crippen molar-refractivity contribution >= 4 is 16.7 Å². The predicted molar refractivity (Wildman–Crippen MR) is 77.7 cm³/mol. The van der Waals surface area contributed by atoms with Gasteiger partial charge in [-0.3, -0.25) is 0 Å². The smallest absolute Gasteiger partial charge is 0.110 e. The number of benzene rings is 1. The average molecular weight is 245 g/mol. The summed E-state index contributed by atoms with van der Waals surface area (Å²) >= 11 is 0. The van der Waals surface area contributed by atoms with Crippen LogP contribution in [0.15, 0.2) is 18.2 Å². The van der Waals surface area contributed by atoms with Crippen LogP contribution >= 0.6 is 0 Å². The monoisotopic (exact) mass is 245 g/mol. The molecule has 0 aliphatic rings. The first-order valence-corrected chi connectivity index (χ1v) is 6.54. The lowest BCUT2D eigenvalue weighted by atomic mass is 9.92. The summed E-state index contributed by atoms with van der Waals surface area (Å²) in [6.07, 6.45) is 0.972. The maximum absolute atomic E-state index is 5.84. The van der Waals surface area contributed by atoms with E-state index in [9.17, 15) is 0 Å². The van der Waals surface area contributed by atoms with E-state index in [-0.39, 0.29) is 5.41 Å². The van der Waals surface area contributed by atoms with E-state index < -0.39 is 0 Å². The lowest BCUT2D eigenvalue weighted by molar-refractivity contribution is 0.388. The van der Waals surface area contributed by atoms with Crippen LogP contribution in [0.4, 0.5) is 5.69 Å². The summed E-state index contributed by atoms with van der Waals surface area (Å²) in [7, 11) is 0. The Morgan fingerprint density at radius 3 is 2.50 bits per heavy atom. The predicted octanol–water partition coefficient (Wildman–Crippen LogP) is 3.79. The third-order valence-corrected chi connectivity index (χ3v) is 2.99. The van der Waals surface area contributed by atoms with Crippen molar-refractivity contribution in [1.29, 1.82) is 0 Å². The highest BCUT2D eigenvalue weighted by Gasteiger charge is 2.19. The first-order chi connectivity index (χ1) is 8.28. The van der Waals surface area contributed by atoms with Crippen LogP contribution in [0.1, 0.15) is 46.5 Å². The Balaban J connectivity index is 2.61. The molecule has 2 aromatic rings. The molecule has 3 nitrogen and oxygen atoms in total. The van der Waals surface area contributed by atoms with Gasteiger partial charge in [0.1, 0.15) is 5.82 Å². The molecule has 0 saturated carbocycles. The summed E-state index contributed by atoms with van der Waals surface area (Å²) in [5, 5.41) is 0. The summed E-state index contributed by atoms with van der Waals surface area (Å²) in [5.41, 5.74) is 9.03. The van der Waals surface area contributed by atoms with Gasteiger partial charge in [0, 0.05) is 18.2 Å². The number of hydrogen-bond donors (Lipinski definition) is 1. The van der Waals surface area contributed by atoms with Gasteiger partial charge in [-0.2, -0.15) is 0 Å². The molecule has 98 valence electrons. The normalized spacial score (nSPS) is 12.6. The van der Waals surface area contributed by atoms with Crippen molar-refractivity contribution < 1.29 is 0 Å². The zero-order valence-electron chi connectivity index (χ0n) is 12.0. The Hall–Kier alpha value is -1.51. The van der Waals surface area contributed by atoms with E-state index in [1.54, 1.807) is 0 Å². The Morgan fingerprint density at radius 1 is 1.28 bits per heavy atom. The SMILES string of the molecule is CC(C)n1c(CC(C)(C)C)nc2cc(N)ccc21. The van der Waals surface area contributed by atoms with Crippen LogP contribution in [-0.2, 0) is 6.42 Å². The minimum Gasteiger partial charge on any atom is -0.399 e. The molecule has 18 heavy (non-hydrogen) atoms. The highest BCUT2D eigenvalue weighted by Crippen LogP contribution is 2.27. The molecule has 0 fully saturated rings. The molecule has 1 heterocycles. The van der Waals surface area contributed by atoms with E-state index in [2.05, 4.69) is 45.3 Å². The number of rotatable bonds is 2. The summed E-state index contributed by atoms with van der Waals surface area (Å²) in [5.74, 6) is 1.15. The first-order valence-electron chi connectivity index (χ1n) is 6.54. The molecule has 1 aromatic carbocycles. The van der Waals surface area contributed by atoms with Crippen LogP contribution in [0.25, 0.3) is 11.0 Å². The molecule has 0 unspecified atom stereocenters. The molecule has 0 saturated heterocycles. The van der Waals surface area contributed by atoms with Crippen molar-refractivity contribution in [3.05, 3.63) is 24.0 Å². The van der Waals surface area contributed by atoms with Gasteiger partial charge in [0.25, 0.3) is 0 Å². The highest BCUT2D eigenvalue weighted by atomic mass is 15.1. The first kappa shape index (κ1) is 12.9. The van der Waals surface area contributed by atoms with E-state index >= 15 is 0 Å². The second-order valence-corrected chi connectivity index (χ2v) is 6.48. The highest BCUT2D eigenvalue weighted by molar-refractivity contribution is 5.79. The van der Waals surface area contributed by atoms with Gasteiger partial charge < -0.3 is 10.3 Å². The Kier molecular flexibility index (Phi) is 3.09. The average Bonchev–Trinajstić information content (AvgIpc) is 2.51. The summed E-state index contributed by atoms with van der Waals surface area (Å²) < 4.78 is 2.32. The number of fused-ring (bicyclic) bond motifs is 1. The number of aromatic nitrogens is 2. The van der Waals surface area contributed by atoms with Crippen molar-refractivity contribution in [1.82, 2.24) is 9.55 Å². The second-order valence-electron chi connectivity index (χ2n) is 6.48. The molecule has 0 atom stereocenters. The van der Waals surface area contributed by atoms with Crippen LogP contribution < -0.4 is 5.73 Å². The number of hydrogen-bond acceptors (Lipinski definition) is 2. The fourth-order valence-electron chi connectivity index (χ4n) is 2.34. The van der Waals surface area contributed by atoms with E-state index in [1.807, 2.05) is 12.1 Å². The zero-order valence-corrected chi connectivity index (χ0v) is 12.0. The van der Waals surface area contributed by atoms with E-state index in [0.29, 0.717) is 6.04 Å². The van der Waals surface area contributed by atoms with Crippen LogP contribution in [0.5, 0.6) is 0 Å². The molecule has 1 aromatic heterocycles. The fourth-order valence-corrected chi connectivity index (χ4v) is 2.34. The molecular formula is C15H23N3. The van der Waals surface area contributed by atoms with Gasteiger partial charge in [0.2, 0.25) is 0 Å². The largest absolute Gasteiger partial charge is 0.399 e. The van der Waals surface area contributed by atoms with Crippen LogP contribution in [0, 0.1) is 5.41 Å². The number of nitrogens with zero attached hydrogens (tertiary/aromatic N) is 2. The molecule has 0 radical (unpaired) electrons. The topological polar surface area (TPSA) is 43.8 Å². The van der Waals surface area contributed by atoms with Crippen LogP contribution in [-0.4, -0.2) is 9.55 Å². The third-order valence-electron chi connectivity index (χ3n) is 2.99. The summed E-state index contributed by atoms with van der Waals surface area (Å²) in [6.45, 7) is 11.1. The third kappa shape index (κ3) is 2.50. The Labute approximate surface area is 109 Å². The molecule has 0 amide bonds. The molecule has 0 bridgehead atoms. The molecule has 2 N–H and O–H groups in total. The second kappa shape index (κ2) is 4.30. The molecule has 2 rings (SSSR count). The number of nitrogens with two attached hydrogens (primary N) is 1. The van der Waals surface area contributed by atoms with Gasteiger partial charge in [-0.15, -0.1) is 0 Å². The van der Waals surface area contributed by atoms with Gasteiger partial charge >= 0.3 is 0 Å². The van der Waals surface area contributed by atoms with Crippen molar-refractivity contribution in [2.75, 3.05) is 5.73 Å². The maximum atomic E-state index is 5.84. The zero-order chi connectivity index (χ0) is 13.5. The molecule has 3 heteroatoms. The fraction of sp³-hybridized carbons (Fsp3) is 0.533. The standard InChI is InChI=1S/C15H23N3/c1-10(2)18-13-7-6-11(16)8-12(13)17-14(18)9-15(3,4)5/h6-8,10H,9,16H2,1-5H3. The van der Waals surface area contributed by atoms with E-state index in [1.165, 1.54) is 5.52 Å². The van der Waals surface area contributed by atoms with Crippen molar-refractivity contribution in [2.24, 2.45) is 5.41 Å². The van der Waals surface area contributed by atoms with Crippen molar-refractivity contribution in [2.45, 2.75) is 47.1 Å². The number of anilines is 1. The van der Waals surface area contributed by atoms with E-state index in [0.717, 1.165) is 23.4 Å². The Morgan fingerprint density at radius 2 is 1.94 bits per heavy atom. The van der Waals surface area contributed by atoms with Gasteiger partial charge in [0.15, 0.2) is 0 Å². The maximum Gasteiger partial charge on any atom is 0.110 e. The lowest BCUT2D eigenvalue weighted by Crippen LogP contribution is -2.15. The Bertz CT molecular complexity index is 559. The van der Waals surface area contributed by atoms with Crippen molar-refractivity contribution in [3.63, 3.8) is 0 Å². The molecule has 0 aliphatic carbocycles. The number of nitrogen functional groups attached to an aromatic ring is 1. The quantitative estimate of drug-likeness (QED) is 0.818. The summed E-state index contributed by atoms with van der Waals surface area (Å²) in [4.78, 5) is 4.76. The van der Waals surface area contributed by atoms with E-state index in [4.69, 9.17) is 10.7 Å². The molecule has 0 aliphatic heterocycles. The molecule has 0 spiro atoms. The number of imidazole rings is 1. The minimum atomic E-state index is 0.236. The van der Waals surface area contributed by atoms with Crippen LogP contribution in [0.3, 0.4) is 0 Å². The van der Waals surface area contributed by atoms with Crippen molar-refractivity contribution in [3.8, 4) is 0 Å². The summed E-state index contributed by atoms with van der Waals surface area (Å²) in [6, 6.07) is 6.39. The lowest BCUT2D eigenvalue weighted by Gasteiger charge is -2.20.